The highest BCUT2D eigenvalue weighted by molar-refractivity contribution is 5.92. The van der Waals surface area contributed by atoms with E-state index in [1.54, 1.807) is 30.1 Å². The van der Waals surface area contributed by atoms with Gasteiger partial charge in [0, 0.05) is 20.2 Å². The van der Waals surface area contributed by atoms with Crippen molar-refractivity contribution in [3.63, 3.8) is 0 Å². The fourth-order valence-corrected chi connectivity index (χ4v) is 1.60. The van der Waals surface area contributed by atoms with Gasteiger partial charge in [0.15, 0.2) is 0 Å². The van der Waals surface area contributed by atoms with Gasteiger partial charge in [-0.05, 0) is 30.9 Å². The second-order valence-corrected chi connectivity index (χ2v) is 4.69. The monoisotopic (exact) mass is 285 g/mol. The average molecular weight is 286 g/mol. The highest BCUT2D eigenvalue weighted by atomic mass is 35.5. The second-order valence-electron chi connectivity index (χ2n) is 4.69. The zero-order valence-electron chi connectivity index (χ0n) is 11.0. The normalized spacial score (nSPS) is 13.7. The Morgan fingerprint density at radius 2 is 2.26 bits per heavy atom. The summed E-state index contributed by atoms with van der Waals surface area (Å²) in [5, 5.41) is 0. The minimum absolute atomic E-state index is 0. The van der Waals surface area contributed by atoms with Crippen LogP contribution in [0.5, 0.6) is 0 Å². The third-order valence-electron chi connectivity index (χ3n) is 2.96. The van der Waals surface area contributed by atoms with Crippen molar-refractivity contribution in [3.8, 4) is 0 Å². The van der Waals surface area contributed by atoms with Crippen molar-refractivity contribution in [2.24, 2.45) is 5.92 Å². The molecule has 0 aromatic carbocycles. The standard InChI is InChI=1S/C13H19N3O2.ClH/c1-16(7-8-18-9-10-5-6-10)13(17)11-3-2-4-12(14)15-11;/h2-4,10H,5-9H2,1H3,(H2,14,15);1H. The van der Waals surface area contributed by atoms with Gasteiger partial charge < -0.3 is 15.4 Å². The van der Waals surface area contributed by atoms with Gasteiger partial charge in [0.25, 0.3) is 5.91 Å². The summed E-state index contributed by atoms with van der Waals surface area (Å²) in [4.78, 5) is 17.6. The third kappa shape index (κ3) is 5.04. The van der Waals surface area contributed by atoms with Crippen LogP contribution in [0.3, 0.4) is 0 Å². The Morgan fingerprint density at radius 1 is 1.53 bits per heavy atom. The van der Waals surface area contributed by atoms with Crippen LogP contribution < -0.4 is 5.73 Å². The van der Waals surface area contributed by atoms with Gasteiger partial charge in [0.2, 0.25) is 0 Å². The number of hydrogen-bond acceptors (Lipinski definition) is 4. The summed E-state index contributed by atoms with van der Waals surface area (Å²) >= 11 is 0. The van der Waals surface area contributed by atoms with E-state index in [0.29, 0.717) is 24.7 Å². The Hall–Kier alpha value is -1.33. The molecule has 0 spiro atoms. The van der Waals surface area contributed by atoms with Crippen LogP contribution >= 0.6 is 12.4 Å². The lowest BCUT2D eigenvalue weighted by atomic mass is 10.3. The maximum Gasteiger partial charge on any atom is 0.272 e. The molecule has 1 aromatic rings. The van der Waals surface area contributed by atoms with Gasteiger partial charge in [0.1, 0.15) is 11.5 Å². The van der Waals surface area contributed by atoms with E-state index >= 15 is 0 Å². The number of carbonyl (C=O) groups is 1. The Kier molecular flexibility index (Phi) is 6.05. The van der Waals surface area contributed by atoms with Crippen LogP contribution in [-0.4, -0.2) is 42.6 Å². The molecule has 1 heterocycles. The number of rotatable bonds is 6. The Bertz CT molecular complexity index is 424. The molecule has 1 fully saturated rings. The molecule has 5 nitrogen and oxygen atoms in total. The van der Waals surface area contributed by atoms with Crippen LogP contribution in [0.15, 0.2) is 18.2 Å². The first-order valence-electron chi connectivity index (χ1n) is 6.22. The summed E-state index contributed by atoms with van der Waals surface area (Å²) < 4.78 is 5.50. The van der Waals surface area contributed by atoms with Gasteiger partial charge in [-0.25, -0.2) is 4.98 Å². The fourth-order valence-electron chi connectivity index (χ4n) is 1.60. The predicted molar refractivity (Wildman–Crippen MR) is 76.4 cm³/mol. The van der Waals surface area contributed by atoms with Crippen LogP contribution in [0.25, 0.3) is 0 Å². The highest BCUT2D eigenvalue weighted by Crippen LogP contribution is 2.28. The lowest BCUT2D eigenvalue weighted by Gasteiger charge is -2.16. The number of likely N-dealkylation sites (N-methyl/N-ethyl adjacent to an activating group) is 1. The topological polar surface area (TPSA) is 68.5 Å². The molecule has 1 aliphatic carbocycles. The summed E-state index contributed by atoms with van der Waals surface area (Å²) in [6.07, 6.45) is 2.56. The van der Waals surface area contributed by atoms with Crippen molar-refractivity contribution in [1.82, 2.24) is 9.88 Å². The zero-order chi connectivity index (χ0) is 13.0. The average Bonchev–Trinajstić information content (AvgIpc) is 3.17. The fraction of sp³-hybridized carbons (Fsp3) is 0.538. The van der Waals surface area contributed by atoms with E-state index in [4.69, 9.17) is 10.5 Å². The molecule has 2 N–H and O–H groups in total. The number of hydrogen-bond donors (Lipinski definition) is 1. The van der Waals surface area contributed by atoms with Crippen molar-refractivity contribution in [2.45, 2.75) is 12.8 Å². The van der Waals surface area contributed by atoms with Gasteiger partial charge in [0.05, 0.1) is 6.61 Å². The predicted octanol–water partition coefficient (Wildman–Crippen LogP) is 1.58. The quantitative estimate of drug-likeness (QED) is 0.806. The van der Waals surface area contributed by atoms with E-state index in [1.807, 2.05) is 0 Å². The van der Waals surface area contributed by atoms with E-state index in [1.165, 1.54) is 12.8 Å². The van der Waals surface area contributed by atoms with Crippen LogP contribution in [-0.2, 0) is 4.74 Å². The maximum absolute atomic E-state index is 12.0. The second kappa shape index (κ2) is 7.31. The number of carbonyl (C=O) groups excluding carboxylic acids is 1. The number of nitrogen functional groups attached to an aromatic ring is 1. The molecule has 1 aromatic heterocycles. The van der Waals surface area contributed by atoms with Gasteiger partial charge in [-0.2, -0.15) is 0 Å². The molecule has 0 radical (unpaired) electrons. The number of halogens is 1. The number of amides is 1. The number of pyridine rings is 1. The molecule has 1 amide bonds. The smallest absolute Gasteiger partial charge is 0.272 e. The molecule has 0 aliphatic heterocycles. The van der Waals surface area contributed by atoms with Crippen LogP contribution in [0.4, 0.5) is 5.82 Å². The zero-order valence-corrected chi connectivity index (χ0v) is 11.9. The molecule has 19 heavy (non-hydrogen) atoms. The first-order chi connectivity index (χ1) is 8.66. The number of nitrogens with zero attached hydrogens (tertiary/aromatic N) is 2. The van der Waals surface area contributed by atoms with Crippen LogP contribution in [0.2, 0.25) is 0 Å². The van der Waals surface area contributed by atoms with Crippen molar-refractivity contribution >= 4 is 24.1 Å². The molecule has 0 saturated heterocycles. The van der Waals surface area contributed by atoms with Gasteiger partial charge in [-0.3, -0.25) is 4.79 Å². The van der Waals surface area contributed by atoms with E-state index < -0.39 is 0 Å². The molecule has 1 saturated carbocycles. The molecule has 2 rings (SSSR count). The van der Waals surface area contributed by atoms with Gasteiger partial charge >= 0.3 is 0 Å². The summed E-state index contributed by atoms with van der Waals surface area (Å²) in [5.74, 6) is 0.984. The SMILES string of the molecule is CN(CCOCC1CC1)C(=O)c1cccc(N)n1.Cl. The van der Waals surface area contributed by atoms with Crippen molar-refractivity contribution in [3.05, 3.63) is 23.9 Å². The number of ether oxygens (including phenoxy) is 1. The molecular formula is C13H20ClN3O2. The minimum Gasteiger partial charge on any atom is -0.384 e. The third-order valence-corrected chi connectivity index (χ3v) is 2.96. The lowest BCUT2D eigenvalue weighted by Crippen LogP contribution is -2.31. The lowest BCUT2D eigenvalue weighted by molar-refractivity contribution is 0.0676. The van der Waals surface area contributed by atoms with Crippen molar-refractivity contribution < 1.29 is 9.53 Å². The molecule has 0 atom stereocenters. The minimum atomic E-state index is -0.127. The van der Waals surface area contributed by atoms with E-state index in [2.05, 4.69) is 4.98 Å². The van der Waals surface area contributed by atoms with E-state index in [9.17, 15) is 4.79 Å². The maximum atomic E-state index is 12.0. The largest absolute Gasteiger partial charge is 0.384 e. The summed E-state index contributed by atoms with van der Waals surface area (Å²) in [6.45, 7) is 1.96. The van der Waals surface area contributed by atoms with Gasteiger partial charge in [-0.15, -0.1) is 12.4 Å². The van der Waals surface area contributed by atoms with E-state index in [-0.39, 0.29) is 18.3 Å². The molecular weight excluding hydrogens is 266 g/mol. The molecule has 6 heteroatoms. The molecule has 0 unspecified atom stereocenters. The molecule has 106 valence electrons. The summed E-state index contributed by atoms with van der Waals surface area (Å²) in [6, 6.07) is 5.06. The number of nitrogens with two attached hydrogens (primary N) is 1. The summed E-state index contributed by atoms with van der Waals surface area (Å²) in [7, 11) is 1.74. The Labute approximate surface area is 119 Å². The van der Waals surface area contributed by atoms with E-state index in [0.717, 1.165) is 12.5 Å². The van der Waals surface area contributed by atoms with Crippen molar-refractivity contribution in [2.75, 3.05) is 32.5 Å². The van der Waals surface area contributed by atoms with Crippen LogP contribution in [0.1, 0.15) is 23.3 Å². The van der Waals surface area contributed by atoms with Crippen LogP contribution in [0, 0.1) is 5.92 Å². The summed E-state index contributed by atoms with van der Waals surface area (Å²) in [5.41, 5.74) is 5.93. The number of anilines is 1. The van der Waals surface area contributed by atoms with Gasteiger partial charge in [-0.1, -0.05) is 6.07 Å². The first kappa shape index (κ1) is 15.7. The first-order valence-corrected chi connectivity index (χ1v) is 6.22. The number of aromatic nitrogens is 1. The Balaban J connectivity index is 0.00000180. The molecule has 0 bridgehead atoms. The van der Waals surface area contributed by atoms with Crippen molar-refractivity contribution in [1.29, 1.82) is 0 Å². The Morgan fingerprint density at radius 3 is 2.89 bits per heavy atom. The highest BCUT2D eigenvalue weighted by Gasteiger charge is 2.21. The molecule has 1 aliphatic rings.